The van der Waals surface area contributed by atoms with Crippen LogP contribution >= 0.6 is 0 Å². The monoisotopic (exact) mass is 245 g/mol. The van der Waals surface area contributed by atoms with E-state index in [0.29, 0.717) is 5.92 Å². The molecule has 0 saturated carbocycles. The van der Waals surface area contributed by atoms with Crippen LogP contribution in [-0.2, 0) is 19.3 Å². The molecule has 1 aromatic carbocycles. The first kappa shape index (κ1) is 12.2. The van der Waals surface area contributed by atoms with Crippen LogP contribution in [0.25, 0.3) is 0 Å². The highest BCUT2D eigenvalue weighted by Crippen LogP contribution is 2.25. The quantitative estimate of drug-likeness (QED) is 0.854. The maximum atomic E-state index is 10.3. The zero-order valence-electron chi connectivity index (χ0n) is 11.0. The van der Waals surface area contributed by atoms with E-state index in [1.165, 1.54) is 36.0 Å². The second-order valence-corrected chi connectivity index (χ2v) is 5.82. The summed E-state index contributed by atoms with van der Waals surface area (Å²) in [6.45, 7) is 2.12. The van der Waals surface area contributed by atoms with Crippen LogP contribution in [-0.4, -0.2) is 24.3 Å². The van der Waals surface area contributed by atoms with Crippen molar-refractivity contribution in [3.63, 3.8) is 0 Å². The fourth-order valence-corrected chi connectivity index (χ4v) is 3.39. The van der Waals surface area contributed by atoms with Crippen LogP contribution in [0, 0.1) is 5.92 Å². The maximum absolute atomic E-state index is 10.3. The SMILES string of the molecule is OC(Cc1ccc2c(c1)CCC2)C1CCNCC1. The number of aliphatic hydroxyl groups excluding tert-OH is 1. The molecule has 0 spiro atoms. The molecule has 1 heterocycles. The van der Waals surface area contributed by atoms with E-state index in [4.69, 9.17) is 0 Å². The zero-order chi connectivity index (χ0) is 12.4. The molecular formula is C16H23NO. The van der Waals surface area contributed by atoms with Crippen molar-refractivity contribution in [2.24, 2.45) is 5.92 Å². The Kier molecular flexibility index (Phi) is 3.67. The third kappa shape index (κ3) is 2.60. The van der Waals surface area contributed by atoms with Crippen molar-refractivity contribution in [1.29, 1.82) is 0 Å². The Hall–Kier alpha value is -0.860. The maximum Gasteiger partial charge on any atom is 0.0609 e. The molecule has 2 heteroatoms. The summed E-state index contributed by atoms with van der Waals surface area (Å²) in [5.74, 6) is 0.486. The third-order valence-electron chi connectivity index (χ3n) is 4.54. The molecule has 1 aromatic rings. The Morgan fingerprint density at radius 3 is 2.78 bits per heavy atom. The molecule has 0 amide bonds. The van der Waals surface area contributed by atoms with E-state index < -0.39 is 0 Å². The number of rotatable bonds is 3. The Bertz CT molecular complexity index is 410. The van der Waals surface area contributed by atoms with Gasteiger partial charge in [0.15, 0.2) is 0 Å². The van der Waals surface area contributed by atoms with Gasteiger partial charge in [0.05, 0.1) is 6.10 Å². The number of piperidine rings is 1. The lowest BCUT2D eigenvalue weighted by Crippen LogP contribution is -2.35. The molecule has 1 fully saturated rings. The van der Waals surface area contributed by atoms with Gasteiger partial charge >= 0.3 is 0 Å². The standard InChI is InChI=1S/C16H23NO/c18-16(14-6-8-17-9-7-14)11-12-4-5-13-2-1-3-15(13)10-12/h4-5,10,14,16-18H,1-3,6-9,11H2. The number of fused-ring (bicyclic) bond motifs is 1. The predicted molar refractivity (Wildman–Crippen MR) is 73.8 cm³/mol. The second kappa shape index (κ2) is 5.41. The molecular weight excluding hydrogens is 222 g/mol. The van der Waals surface area contributed by atoms with Crippen LogP contribution in [0.5, 0.6) is 0 Å². The number of hydrogen-bond donors (Lipinski definition) is 2. The molecule has 1 atom stereocenters. The second-order valence-electron chi connectivity index (χ2n) is 5.82. The fourth-order valence-electron chi connectivity index (χ4n) is 3.39. The van der Waals surface area contributed by atoms with E-state index in [1.54, 1.807) is 0 Å². The topological polar surface area (TPSA) is 32.3 Å². The Morgan fingerprint density at radius 2 is 1.94 bits per heavy atom. The fraction of sp³-hybridized carbons (Fsp3) is 0.625. The van der Waals surface area contributed by atoms with E-state index in [0.717, 1.165) is 32.4 Å². The van der Waals surface area contributed by atoms with Gasteiger partial charge in [-0.2, -0.15) is 0 Å². The normalized spacial score (nSPS) is 21.8. The summed E-state index contributed by atoms with van der Waals surface area (Å²) in [6, 6.07) is 6.81. The lowest BCUT2D eigenvalue weighted by molar-refractivity contribution is 0.0890. The summed E-state index contributed by atoms with van der Waals surface area (Å²) in [7, 11) is 0. The molecule has 1 aliphatic carbocycles. The van der Waals surface area contributed by atoms with Crippen molar-refractivity contribution in [3.05, 3.63) is 34.9 Å². The molecule has 18 heavy (non-hydrogen) atoms. The largest absolute Gasteiger partial charge is 0.392 e. The van der Waals surface area contributed by atoms with Crippen LogP contribution in [0.15, 0.2) is 18.2 Å². The van der Waals surface area contributed by atoms with Gasteiger partial charge in [0.1, 0.15) is 0 Å². The molecule has 98 valence electrons. The molecule has 0 radical (unpaired) electrons. The van der Waals surface area contributed by atoms with Crippen molar-refractivity contribution < 1.29 is 5.11 Å². The number of benzene rings is 1. The molecule has 2 N–H and O–H groups in total. The highest BCUT2D eigenvalue weighted by atomic mass is 16.3. The number of aliphatic hydroxyl groups is 1. The Balaban J connectivity index is 1.64. The van der Waals surface area contributed by atoms with Crippen LogP contribution in [0.2, 0.25) is 0 Å². The zero-order valence-corrected chi connectivity index (χ0v) is 11.0. The van der Waals surface area contributed by atoms with Gasteiger partial charge in [-0.1, -0.05) is 18.2 Å². The van der Waals surface area contributed by atoms with Gasteiger partial charge in [-0.3, -0.25) is 0 Å². The average molecular weight is 245 g/mol. The average Bonchev–Trinajstić information content (AvgIpc) is 2.87. The molecule has 0 bridgehead atoms. The van der Waals surface area contributed by atoms with Crippen LogP contribution in [0.4, 0.5) is 0 Å². The van der Waals surface area contributed by atoms with E-state index >= 15 is 0 Å². The van der Waals surface area contributed by atoms with E-state index in [1.807, 2.05) is 0 Å². The molecule has 1 saturated heterocycles. The predicted octanol–water partition coefficient (Wildman–Crippen LogP) is 2.08. The highest BCUT2D eigenvalue weighted by molar-refractivity contribution is 5.35. The minimum absolute atomic E-state index is 0.161. The highest BCUT2D eigenvalue weighted by Gasteiger charge is 2.22. The molecule has 2 nitrogen and oxygen atoms in total. The first-order chi connectivity index (χ1) is 8.83. The smallest absolute Gasteiger partial charge is 0.0609 e. The third-order valence-corrected chi connectivity index (χ3v) is 4.54. The number of aryl methyl sites for hydroxylation is 2. The van der Waals surface area contributed by atoms with Crippen molar-refractivity contribution >= 4 is 0 Å². The first-order valence-corrected chi connectivity index (χ1v) is 7.32. The molecule has 1 unspecified atom stereocenters. The van der Waals surface area contributed by atoms with E-state index in [2.05, 4.69) is 23.5 Å². The van der Waals surface area contributed by atoms with Gasteiger partial charge in [0.2, 0.25) is 0 Å². The van der Waals surface area contributed by atoms with Gasteiger partial charge in [0, 0.05) is 0 Å². The molecule has 2 aliphatic rings. The lowest BCUT2D eigenvalue weighted by Gasteiger charge is -2.27. The van der Waals surface area contributed by atoms with Gasteiger partial charge in [-0.05, 0) is 74.2 Å². The molecule has 0 aromatic heterocycles. The van der Waals surface area contributed by atoms with Crippen molar-refractivity contribution in [2.75, 3.05) is 13.1 Å². The van der Waals surface area contributed by atoms with E-state index in [9.17, 15) is 5.11 Å². The minimum Gasteiger partial charge on any atom is -0.392 e. The molecule has 3 rings (SSSR count). The lowest BCUT2D eigenvalue weighted by atomic mass is 9.88. The van der Waals surface area contributed by atoms with Crippen LogP contribution in [0.3, 0.4) is 0 Å². The summed E-state index contributed by atoms with van der Waals surface area (Å²) in [5.41, 5.74) is 4.36. The summed E-state index contributed by atoms with van der Waals surface area (Å²) >= 11 is 0. The van der Waals surface area contributed by atoms with Crippen molar-refractivity contribution in [1.82, 2.24) is 5.32 Å². The van der Waals surface area contributed by atoms with Crippen LogP contribution < -0.4 is 5.32 Å². The van der Waals surface area contributed by atoms with Gasteiger partial charge in [-0.15, -0.1) is 0 Å². The summed E-state index contributed by atoms with van der Waals surface area (Å²) in [6.07, 6.45) is 6.68. The summed E-state index contributed by atoms with van der Waals surface area (Å²) in [5, 5.41) is 13.7. The van der Waals surface area contributed by atoms with Gasteiger partial charge in [0.25, 0.3) is 0 Å². The number of hydrogen-bond acceptors (Lipinski definition) is 2. The van der Waals surface area contributed by atoms with Gasteiger partial charge in [-0.25, -0.2) is 0 Å². The van der Waals surface area contributed by atoms with Crippen LogP contribution in [0.1, 0.15) is 36.0 Å². The first-order valence-electron chi connectivity index (χ1n) is 7.32. The number of nitrogens with one attached hydrogen (secondary N) is 1. The van der Waals surface area contributed by atoms with Crippen molar-refractivity contribution in [2.45, 2.75) is 44.6 Å². The minimum atomic E-state index is -0.161. The molecule has 1 aliphatic heterocycles. The summed E-state index contributed by atoms with van der Waals surface area (Å²) in [4.78, 5) is 0. The summed E-state index contributed by atoms with van der Waals surface area (Å²) < 4.78 is 0. The van der Waals surface area contributed by atoms with E-state index in [-0.39, 0.29) is 6.10 Å². The van der Waals surface area contributed by atoms with Gasteiger partial charge < -0.3 is 10.4 Å². The Labute approximate surface area is 109 Å². The van der Waals surface area contributed by atoms with Crippen molar-refractivity contribution in [3.8, 4) is 0 Å². The Morgan fingerprint density at radius 1 is 1.17 bits per heavy atom.